The molecule has 2 heteroatoms. The highest BCUT2D eigenvalue weighted by Gasteiger charge is 2.24. The monoisotopic (exact) mass is 478 g/mol. The highest BCUT2D eigenvalue weighted by molar-refractivity contribution is 5.92. The quantitative estimate of drug-likeness (QED) is 0.270. The van der Waals surface area contributed by atoms with Crippen LogP contribution in [0.25, 0.3) is 54.9 Å². The molecule has 0 aliphatic heterocycles. The Morgan fingerprint density at radius 1 is 0.541 bits per heavy atom. The fourth-order valence-corrected chi connectivity index (χ4v) is 5.66. The van der Waals surface area contributed by atoms with Gasteiger partial charge in [0.15, 0.2) is 0 Å². The van der Waals surface area contributed by atoms with Gasteiger partial charge in [-0.15, -0.1) is 0 Å². The molecule has 1 aliphatic carbocycles. The molecule has 6 aromatic rings. The average Bonchev–Trinajstić information content (AvgIpc) is 3.33. The Labute approximate surface area is 216 Å². The minimum Gasteiger partial charge on any atom is -0.491 e. The second kappa shape index (κ2) is 8.92. The average molecular weight is 479 g/mol. The van der Waals surface area contributed by atoms with Gasteiger partial charge in [-0.05, 0) is 91.2 Å². The maximum atomic E-state index is 9.49. The summed E-state index contributed by atoms with van der Waals surface area (Å²) in [7, 11) is 0. The van der Waals surface area contributed by atoms with Gasteiger partial charge in [-0.3, -0.25) is 0 Å². The number of fused-ring (bicyclic) bond motifs is 5. The molecule has 7 rings (SSSR count). The van der Waals surface area contributed by atoms with Gasteiger partial charge in [0.1, 0.15) is 12.4 Å². The standard InChI is InChI=1S/C35H26O2/c36-15-16-37-34-22-30(29-12-10-24-6-2-4-8-26(24)18-29)20-32-21-31-19-28(13-14-33(31)35(32)34)27-11-9-23-5-1-3-7-25(23)17-27/h1-14,17-20,22,36H,15-16,21H2. The number of aliphatic hydroxyl groups is 1. The van der Waals surface area contributed by atoms with E-state index in [-0.39, 0.29) is 13.2 Å². The van der Waals surface area contributed by atoms with E-state index in [1.165, 1.54) is 54.9 Å². The third-order valence-electron chi connectivity index (χ3n) is 7.45. The highest BCUT2D eigenvalue weighted by Crippen LogP contribution is 2.46. The van der Waals surface area contributed by atoms with Crippen molar-refractivity contribution in [3.63, 3.8) is 0 Å². The normalized spacial score (nSPS) is 12.0. The van der Waals surface area contributed by atoms with Gasteiger partial charge in [-0.1, -0.05) is 91.0 Å². The second-order valence-electron chi connectivity index (χ2n) is 9.75. The Morgan fingerprint density at radius 3 is 1.78 bits per heavy atom. The predicted octanol–water partition coefficient (Wildman–Crippen LogP) is 8.27. The zero-order valence-electron chi connectivity index (χ0n) is 20.4. The number of hydrogen-bond acceptors (Lipinski definition) is 2. The molecular formula is C35H26O2. The molecule has 178 valence electrons. The second-order valence-corrected chi connectivity index (χ2v) is 9.75. The largest absolute Gasteiger partial charge is 0.491 e. The van der Waals surface area contributed by atoms with Gasteiger partial charge in [0.2, 0.25) is 0 Å². The molecule has 0 spiro atoms. The van der Waals surface area contributed by atoms with Crippen LogP contribution in [0.5, 0.6) is 5.75 Å². The summed E-state index contributed by atoms with van der Waals surface area (Å²) in [6.07, 6.45) is 0.864. The Hall–Kier alpha value is -4.40. The molecule has 0 saturated heterocycles. The van der Waals surface area contributed by atoms with Crippen molar-refractivity contribution in [1.82, 2.24) is 0 Å². The molecule has 0 saturated carbocycles. The first-order valence-corrected chi connectivity index (χ1v) is 12.8. The van der Waals surface area contributed by atoms with Gasteiger partial charge < -0.3 is 9.84 Å². The number of benzene rings is 6. The fraction of sp³-hybridized carbons (Fsp3) is 0.0857. The Balaban J connectivity index is 1.31. The van der Waals surface area contributed by atoms with Crippen LogP contribution in [0, 0.1) is 0 Å². The molecule has 6 aromatic carbocycles. The summed E-state index contributed by atoms with van der Waals surface area (Å²) in [5.74, 6) is 0.840. The van der Waals surface area contributed by atoms with Crippen LogP contribution in [0.4, 0.5) is 0 Å². The van der Waals surface area contributed by atoms with Crippen molar-refractivity contribution in [3.05, 3.63) is 126 Å². The van der Waals surface area contributed by atoms with Crippen molar-refractivity contribution in [3.8, 4) is 39.1 Å². The zero-order chi connectivity index (χ0) is 24.8. The van der Waals surface area contributed by atoms with E-state index >= 15 is 0 Å². The molecular weight excluding hydrogens is 452 g/mol. The van der Waals surface area contributed by atoms with Crippen LogP contribution in [-0.4, -0.2) is 18.3 Å². The molecule has 1 aliphatic rings. The predicted molar refractivity (Wildman–Crippen MR) is 153 cm³/mol. The first-order chi connectivity index (χ1) is 18.3. The van der Waals surface area contributed by atoms with Gasteiger partial charge in [0.25, 0.3) is 0 Å². The zero-order valence-corrected chi connectivity index (χ0v) is 20.4. The van der Waals surface area contributed by atoms with Crippen LogP contribution in [0.1, 0.15) is 11.1 Å². The van der Waals surface area contributed by atoms with E-state index in [2.05, 4.69) is 115 Å². The molecule has 0 amide bonds. The molecule has 0 aromatic heterocycles. The minimum atomic E-state index is -0.0112. The minimum absolute atomic E-state index is 0.0112. The van der Waals surface area contributed by atoms with Gasteiger partial charge in [0, 0.05) is 5.56 Å². The lowest BCUT2D eigenvalue weighted by molar-refractivity contribution is 0.202. The summed E-state index contributed by atoms with van der Waals surface area (Å²) in [6.45, 7) is 0.265. The van der Waals surface area contributed by atoms with Crippen molar-refractivity contribution >= 4 is 21.5 Å². The SMILES string of the molecule is OCCOc1cc(-c2ccc3ccccc3c2)cc2c1-c1ccc(-c3ccc4ccccc4c3)cc1C2. The summed E-state index contributed by atoms with van der Waals surface area (Å²) >= 11 is 0. The molecule has 0 unspecified atom stereocenters. The van der Waals surface area contributed by atoms with E-state index in [1.807, 2.05) is 0 Å². The van der Waals surface area contributed by atoms with Crippen molar-refractivity contribution in [2.24, 2.45) is 0 Å². The number of aliphatic hydroxyl groups excluding tert-OH is 1. The summed E-state index contributed by atoms with van der Waals surface area (Å²) in [6, 6.07) is 41.4. The number of ether oxygens (including phenoxy) is 1. The first-order valence-electron chi connectivity index (χ1n) is 12.8. The third kappa shape index (κ3) is 3.87. The van der Waals surface area contributed by atoms with Crippen molar-refractivity contribution in [1.29, 1.82) is 0 Å². The maximum absolute atomic E-state index is 9.49. The van der Waals surface area contributed by atoms with E-state index in [4.69, 9.17) is 4.74 Å². The maximum Gasteiger partial charge on any atom is 0.128 e. The molecule has 0 fully saturated rings. The Morgan fingerprint density at radius 2 is 1.11 bits per heavy atom. The summed E-state index contributed by atoms with van der Waals surface area (Å²) < 4.78 is 6.12. The van der Waals surface area contributed by atoms with Crippen LogP contribution < -0.4 is 4.74 Å². The van der Waals surface area contributed by atoms with Gasteiger partial charge in [0.05, 0.1) is 6.61 Å². The summed E-state index contributed by atoms with van der Waals surface area (Å²) in [5, 5.41) is 14.5. The first kappa shape index (κ1) is 21.8. The Bertz CT molecular complexity index is 1800. The molecule has 0 bridgehead atoms. The number of hydrogen-bond donors (Lipinski definition) is 1. The van der Waals surface area contributed by atoms with Crippen molar-refractivity contribution in [2.75, 3.05) is 13.2 Å². The van der Waals surface area contributed by atoms with Crippen LogP contribution in [0.15, 0.2) is 115 Å². The molecule has 37 heavy (non-hydrogen) atoms. The summed E-state index contributed by atoms with van der Waals surface area (Å²) in [5.41, 5.74) is 9.71. The van der Waals surface area contributed by atoms with E-state index in [0.29, 0.717) is 0 Å². The lowest BCUT2D eigenvalue weighted by atomic mass is 9.95. The molecule has 2 nitrogen and oxygen atoms in total. The van der Waals surface area contributed by atoms with Crippen molar-refractivity contribution < 1.29 is 9.84 Å². The third-order valence-corrected chi connectivity index (χ3v) is 7.45. The molecule has 0 atom stereocenters. The molecule has 1 N–H and O–H groups in total. The topological polar surface area (TPSA) is 29.5 Å². The number of rotatable bonds is 5. The highest BCUT2D eigenvalue weighted by atomic mass is 16.5. The van der Waals surface area contributed by atoms with E-state index in [9.17, 15) is 5.11 Å². The van der Waals surface area contributed by atoms with E-state index in [1.54, 1.807) is 0 Å². The van der Waals surface area contributed by atoms with Crippen molar-refractivity contribution in [2.45, 2.75) is 6.42 Å². The lowest BCUT2D eigenvalue weighted by Crippen LogP contribution is -2.03. The molecule has 0 radical (unpaired) electrons. The van der Waals surface area contributed by atoms with E-state index < -0.39 is 0 Å². The summed E-state index contributed by atoms with van der Waals surface area (Å²) in [4.78, 5) is 0. The van der Waals surface area contributed by atoms with Gasteiger partial charge >= 0.3 is 0 Å². The fourth-order valence-electron chi connectivity index (χ4n) is 5.66. The van der Waals surface area contributed by atoms with Crippen LogP contribution in [0.2, 0.25) is 0 Å². The molecule has 0 heterocycles. The van der Waals surface area contributed by atoms with Crippen LogP contribution in [0.3, 0.4) is 0 Å². The smallest absolute Gasteiger partial charge is 0.128 e. The van der Waals surface area contributed by atoms with Gasteiger partial charge in [-0.2, -0.15) is 0 Å². The van der Waals surface area contributed by atoms with E-state index in [0.717, 1.165) is 23.3 Å². The van der Waals surface area contributed by atoms with Crippen LogP contribution in [-0.2, 0) is 6.42 Å². The van der Waals surface area contributed by atoms with Crippen LogP contribution >= 0.6 is 0 Å². The Kier molecular flexibility index (Phi) is 5.27. The lowest BCUT2D eigenvalue weighted by Gasteiger charge is -2.14. The van der Waals surface area contributed by atoms with Gasteiger partial charge in [-0.25, -0.2) is 0 Å².